The lowest BCUT2D eigenvalue weighted by Crippen LogP contribution is -2.47. The summed E-state index contributed by atoms with van der Waals surface area (Å²) >= 11 is 0. The quantitative estimate of drug-likeness (QED) is 0.652. The van der Waals surface area contributed by atoms with Crippen LogP contribution in [0.25, 0.3) is 0 Å². The van der Waals surface area contributed by atoms with E-state index in [-0.39, 0.29) is 6.03 Å². The number of urea groups is 1. The Balaban J connectivity index is 4.01. The first-order valence-electron chi connectivity index (χ1n) is 6.74. The third-order valence-corrected chi connectivity index (χ3v) is 3.30. The van der Waals surface area contributed by atoms with Crippen molar-refractivity contribution in [1.82, 2.24) is 15.1 Å². The third-order valence-electron chi connectivity index (χ3n) is 3.30. The second-order valence-electron chi connectivity index (χ2n) is 5.03. The van der Waals surface area contributed by atoms with Gasteiger partial charge in [-0.1, -0.05) is 6.92 Å². The number of nitrogens with zero attached hydrogens (tertiary/aromatic N) is 2. The van der Waals surface area contributed by atoms with Crippen LogP contribution >= 0.6 is 0 Å². The average molecular weight is 273 g/mol. The smallest absolute Gasteiger partial charge is 0.326 e. The number of carbonyl (C=O) groups is 2. The van der Waals surface area contributed by atoms with E-state index in [1.54, 1.807) is 6.92 Å². The monoisotopic (exact) mass is 273 g/mol. The first-order valence-corrected chi connectivity index (χ1v) is 6.74. The predicted molar refractivity (Wildman–Crippen MR) is 75.3 cm³/mol. The van der Waals surface area contributed by atoms with Crippen LogP contribution in [-0.2, 0) is 4.79 Å². The van der Waals surface area contributed by atoms with Crippen molar-refractivity contribution in [3.05, 3.63) is 0 Å². The zero-order valence-electron chi connectivity index (χ0n) is 12.6. The van der Waals surface area contributed by atoms with E-state index >= 15 is 0 Å². The molecule has 0 spiro atoms. The number of carbonyl (C=O) groups excluding carboxylic acids is 1. The molecule has 0 radical (unpaired) electrons. The van der Waals surface area contributed by atoms with Crippen LogP contribution in [0.15, 0.2) is 0 Å². The lowest BCUT2D eigenvalue weighted by Gasteiger charge is -2.24. The number of hydrogen-bond acceptors (Lipinski definition) is 3. The van der Waals surface area contributed by atoms with Crippen molar-refractivity contribution in [2.45, 2.75) is 45.7 Å². The van der Waals surface area contributed by atoms with Crippen LogP contribution < -0.4 is 5.32 Å². The van der Waals surface area contributed by atoms with Gasteiger partial charge in [0.25, 0.3) is 0 Å². The molecule has 0 aromatic rings. The molecule has 2 N–H and O–H groups in total. The molecule has 0 saturated heterocycles. The maximum absolute atomic E-state index is 11.8. The van der Waals surface area contributed by atoms with Crippen LogP contribution in [0.5, 0.6) is 0 Å². The number of hydrogen-bond donors (Lipinski definition) is 2. The minimum absolute atomic E-state index is 0.332. The van der Waals surface area contributed by atoms with Gasteiger partial charge >= 0.3 is 12.0 Å². The molecule has 0 aliphatic rings. The van der Waals surface area contributed by atoms with Crippen molar-refractivity contribution in [3.8, 4) is 0 Å². The second kappa shape index (κ2) is 8.74. The summed E-state index contributed by atoms with van der Waals surface area (Å²) in [5.41, 5.74) is 0. The standard InChI is InChI=1S/C13H27N3O3/c1-6-11(12(17)18)16(5)13(19)14-8-7-9-15(4)10(2)3/h10-11H,6-9H2,1-5H3,(H,14,19)(H,17,18). The summed E-state index contributed by atoms with van der Waals surface area (Å²) in [6.45, 7) is 7.43. The van der Waals surface area contributed by atoms with Crippen LogP contribution in [0.4, 0.5) is 4.79 Å². The molecule has 0 aromatic heterocycles. The molecular weight excluding hydrogens is 246 g/mol. The van der Waals surface area contributed by atoms with Gasteiger partial charge in [-0.05, 0) is 40.3 Å². The van der Waals surface area contributed by atoms with Crippen LogP contribution in [0.3, 0.4) is 0 Å². The zero-order valence-corrected chi connectivity index (χ0v) is 12.6. The molecular formula is C13H27N3O3. The Bertz CT molecular complexity index is 295. The van der Waals surface area contributed by atoms with E-state index in [1.807, 2.05) is 7.05 Å². The third kappa shape index (κ3) is 6.42. The second-order valence-corrected chi connectivity index (χ2v) is 5.03. The van der Waals surface area contributed by atoms with E-state index in [1.165, 1.54) is 11.9 Å². The zero-order chi connectivity index (χ0) is 15.0. The number of nitrogens with one attached hydrogen (secondary N) is 1. The summed E-state index contributed by atoms with van der Waals surface area (Å²) in [5.74, 6) is -0.973. The van der Waals surface area contributed by atoms with Crippen molar-refractivity contribution < 1.29 is 14.7 Å². The SMILES string of the molecule is CCC(C(=O)O)N(C)C(=O)NCCCN(C)C(C)C. The highest BCUT2D eigenvalue weighted by Crippen LogP contribution is 2.02. The first-order chi connectivity index (χ1) is 8.81. The average Bonchev–Trinajstić information content (AvgIpc) is 2.33. The number of aliphatic carboxylic acids is 1. The fourth-order valence-corrected chi connectivity index (χ4v) is 1.66. The fourth-order valence-electron chi connectivity index (χ4n) is 1.66. The Morgan fingerprint density at radius 2 is 1.84 bits per heavy atom. The van der Waals surface area contributed by atoms with Gasteiger partial charge in [0.05, 0.1) is 0 Å². The van der Waals surface area contributed by atoms with E-state index in [9.17, 15) is 9.59 Å². The molecule has 6 heteroatoms. The van der Waals surface area contributed by atoms with Gasteiger partial charge in [-0.15, -0.1) is 0 Å². The fraction of sp³-hybridized carbons (Fsp3) is 0.846. The van der Waals surface area contributed by atoms with Crippen LogP contribution in [0, 0.1) is 0 Å². The molecule has 19 heavy (non-hydrogen) atoms. The van der Waals surface area contributed by atoms with Gasteiger partial charge < -0.3 is 20.2 Å². The molecule has 0 aliphatic carbocycles. The number of amides is 2. The number of rotatable bonds is 8. The van der Waals surface area contributed by atoms with Crippen molar-refractivity contribution in [1.29, 1.82) is 0 Å². The summed E-state index contributed by atoms with van der Waals surface area (Å²) in [6, 6.07) is -0.616. The number of carboxylic acid groups (broad SMARTS) is 1. The Labute approximate surface area is 115 Å². The summed E-state index contributed by atoms with van der Waals surface area (Å²) in [7, 11) is 3.55. The maximum atomic E-state index is 11.8. The molecule has 0 heterocycles. The Hall–Kier alpha value is -1.30. The van der Waals surface area contributed by atoms with Crippen LogP contribution in [0.1, 0.15) is 33.6 Å². The molecule has 112 valence electrons. The molecule has 0 aliphatic heterocycles. The van der Waals surface area contributed by atoms with Gasteiger partial charge in [0.15, 0.2) is 0 Å². The minimum atomic E-state index is -0.973. The molecule has 0 aromatic carbocycles. The Kier molecular flexibility index (Phi) is 8.14. The minimum Gasteiger partial charge on any atom is -0.480 e. The molecule has 0 fully saturated rings. The lowest BCUT2D eigenvalue weighted by molar-refractivity contribution is -0.141. The highest BCUT2D eigenvalue weighted by Gasteiger charge is 2.24. The van der Waals surface area contributed by atoms with E-state index < -0.39 is 12.0 Å². The highest BCUT2D eigenvalue weighted by molar-refractivity contribution is 5.82. The van der Waals surface area contributed by atoms with E-state index in [0.29, 0.717) is 19.0 Å². The topological polar surface area (TPSA) is 72.9 Å². The molecule has 1 unspecified atom stereocenters. The lowest BCUT2D eigenvalue weighted by atomic mass is 10.2. The predicted octanol–water partition coefficient (Wildman–Crippen LogP) is 1.22. The summed E-state index contributed by atoms with van der Waals surface area (Å²) in [4.78, 5) is 26.1. The van der Waals surface area contributed by atoms with Gasteiger partial charge in [0.1, 0.15) is 6.04 Å². The molecule has 0 rings (SSSR count). The first kappa shape index (κ1) is 17.7. The van der Waals surface area contributed by atoms with Gasteiger partial charge in [0.2, 0.25) is 0 Å². The maximum Gasteiger partial charge on any atom is 0.326 e. The Morgan fingerprint density at radius 1 is 1.26 bits per heavy atom. The summed E-state index contributed by atoms with van der Waals surface area (Å²) < 4.78 is 0. The van der Waals surface area contributed by atoms with Crippen molar-refractivity contribution in [2.24, 2.45) is 0 Å². The summed E-state index contributed by atoms with van der Waals surface area (Å²) in [5, 5.41) is 11.7. The van der Waals surface area contributed by atoms with E-state index in [4.69, 9.17) is 5.11 Å². The van der Waals surface area contributed by atoms with Crippen LogP contribution in [-0.4, -0.2) is 66.2 Å². The molecule has 0 saturated carbocycles. The van der Waals surface area contributed by atoms with Gasteiger partial charge in [-0.3, -0.25) is 0 Å². The van der Waals surface area contributed by atoms with Crippen molar-refractivity contribution in [2.75, 3.05) is 27.2 Å². The van der Waals surface area contributed by atoms with E-state index in [2.05, 4.69) is 24.1 Å². The molecule has 2 amide bonds. The number of likely N-dealkylation sites (N-methyl/N-ethyl adjacent to an activating group) is 1. The van der Waals surface area contributed by atoms with Crippen LogP contribution in [0.2, 0.25) is 0 Å². The molecule has 1 atom stereocenters. The Morgan fingerprint density at radius 3 is 2.26 bits per heavy atom. The normalized spacial score (nSPS) is 12.6. The highest BCUT2D eigenvalue weighted by atomic mass is 16.4. The summed E-state index contributed by atoms with van der Waals surface area (Å²) in [6.07, 6.45) is 1.24. The van der Waals surface area contributed by atoms with Crippen molar-refractivity contribution in [3.63, 3.8) is 0 Å². The largest absolute Gasteiger partial charge is 0.480 e. The molecule has 0 bridgehead atoms. The molecule has 6 nitrogen and oxygen atoms in total. The van der Waals surface area contributed by atoms with Gasteiger partial charge in [-0.25, -0.2) is 9.59 Å². The van der Waals surface area contributed by atoms with Crippen molar-refractivity contribution >= 4 is 12.0 Å². The number of carboxylic acids is 1. The van der Waals surface area contributed by atoms with Gasteiger partial charge in [-0.2, -0.15) is 0 Å². The van der Waals surface area contributed by atoms with E-state index in [0.717, 1.165) is 13.0 Å². The van der Waals surface area contributed by atoms with Gasteiger partial charge in [0, 0.05) is 19.6 Å².